The highest BCUT2D eigenvalue weighted by atomic mass is 19.1. The van der Waals surface area contributed by atoms with Crippen LogP contribution in [0, 0.1) is 35.3 Å². The number of imide groups is 1. The van der Waals surface area contributed by atoms with Crippen LogP contribution in [0.1, 0.15) is 68.4 Å². The maximum atomic E-state index is 17.1. The second-order valence-corrected chi connectivity index (χ2v) is 19.3. The molecule has 2 bridgehead atoms. The summed E-state index contributed by atoms with van der Waals surface area (Å²) in [5.74, 6) is 2.41. The number of phenols is 1. The van der Waals surface area contributed by atoms with Crippen LogP contribution >= 0.6 is 0 Å². The van der Waals surface area contributed by atoms with E-state index in [9.17, 15) is 14.7 Å². The fourth-order valence-electron chi connectivity index (χ4n) is 11.2. The number of carbonyl (C=O) groups is 2. The third-order valence-electron chi connectivity index (χ3n) is 14.9. The van der Waals surface area contributed by atoms with Crippen molar-refractivity contribution in [2.24, 2.45) is 11.3 Å². The van der Waals surface area contributed by atoms with E-state index in [4.69, 9.17) is 21.1 Å². The van der Waals surface area contributed by atoms with E-state index >= 15 is 8.78 Å². The van der Waals surface area contributed by atoms with Crippen LogP contribution in [0.4, 0.5) is 25.1 Å². The summed E-state index contributed by atoms with van der Waals surface area (Å²) in [5, 5.41) is 17.9. The van der Waals surface area contributed by atoms with E-state index in [0.29, 0.717) is 60.2 Å². The van der Waals surface area contributed by atoms with Gasteiger partial charge in [-0.3, -0.25) is 20.0 Å². The predicted octanol–water partition coefficient (Wildman–Crippen LogP) is 6.56. The van der Waals surface area contributed by atoms with Crippen LogP contribution in [0.3, 0.4) is 0 Å². The molecule has 5 saturated heterocycles. The van der Waals surface area contributed by atoms with Crippen LogP contribution < -0.4 is 25.2 Å². The molecule has 3 amide bonds. The van der Waals surface area contributed by atoms with Crippen LogP contribution in [-0.4, -0.2) is 119 Å². The van der Waals surface area contributed by atoms with Gasteiger partial charge in [0.2, 0.25) is 5.91 Å². The van der Waals surface area contributed by atoms with Crippen LogP contribution in [0.2, 0.25) is 0 Å². The van der Waals surface area contributed by atoms with Gasteiger partial charge in [0, 0.05) is 66.5 Å². The minimum Gasteiger partial charge on any atom is -0.508 e. The standard InChI is InChI=1S/C50H53F2N9O4/c1-2-38-41(51)10-5-33-21-37(62)22-39(43(33)38)45-44(52)46-40(23-53-45)47(60-25-34-6-7-35(26-60)54-34)57-48(56-46)65-29-50(15-16-50)28-59-17-11-30(12-18-59)24-58-19-13-32(14-20-58)31-3-8-36(9-4-31)61-27-42(63)55-49(61)64/h1,3-5,8-10,21-23,30,32,34-35,54,62H,6-7,11-20,24-29H2,(H,55,63,64). The predicted molar refractivity (Wildman–Crippen MR) is 244 cm³/mol. The fraction of sp³-hybridized carbons (Fsp3) is 0.460. The van der Waals surface area contributed by atoms with Gasteiger partial charge < -0.3 is 29.9 Å². The zero-order valence-corrected chi connectivity index (χ0v) is 36.4. The summed E-state index contributed by atoms with van der Waals surface area (Å²) in [4.78, 5) is 46.8. The molecular formula is C50H53F2N9O4. The molecule has 6 aliphatic rings. The Kier molecular flexibility index (Phi) is 10.8. The maximum absolute atomic E-state index is 17.1. The number of fused-ring (bicyclic) bond motifs is 4. The summed E-state index contributed by atoms with van der Waals surface area (Å²) in [6.07, 6.45) is 16.1. The first-order chi connectivity index (χ1) is 31.6. The monoisotopic (exact) mass is 881 g/mol. The summed E-state index contributed by atoms with van der Waals surface area (Å²) < 4.78 is 38.6. The van der Waals surface area contributed by atoms with Gasteiger partial charge >= 0.3 is 12.0 Å². The largest absolute Gasteiger partial charge is 0.508 e. The lowest BCUT2D eigenvalue weighted by molar-refractivity contribution is -0.117. The number of halogens is 2. The van der Waals surface area contributed by atoms with E-state index in [1.807, 2.05) is 12.1 Å². The lowest BCUT2D eigenvalue weighted by atomic mass is 9.88. The Bertz CT molecular complexity index is 2710. The molecule has 7 heterocycles. The minimum atomic E-state index is -0.720. The number of nitrogens with one attached hydrogen (secondary N) is 2. The van der Waals surface area contributed by atoms with Gasteiger partial charge in [-0.2, -0.15) is 9.97 Å². The van der Waals surface area contributed by atoms with Gasteiger partial charge in [0.15, 0.2) is 5.82 Å². The van der Waals surface area contributed by atoms with Gasteiger partial charge in [-0.05, 0) is 131 Å². The van der Waals surface area contributed by atoms with E-state index in [0.717, 1.165) is 96.3 Å². The number of piperazine rings is 1. The first-order valence-electron chi connectivity index (χ1n) is 23.2. The number of amides is 3. The molecule has 13 nitrogen and oxygen atoms in total. The molecule has 0 radical (unpaired) electrons. The molecule has 6 fully saturated rings. The summed E-state index contributed by atoms with van der Waals surface area (Å²) >= 11 is 0. The Balaban J connectivity index is 0.745. The Morgan fingerprint density at radius 2 is 1.65 bits per heavy atom. The number of nitrogens with zero attached hydrogens (tertiary/aromatic N) is 7. The number of rotatable bonds is 11. The normalized spacial score (nSPS) is 22.8. The number of aromatic hydroxyl groups is 1. The van der Waals surface area contributed by atoms with Gasteiger partial charge in [-0.15, -0.1) is 6.42 Å². The Labute approximate surface area is 376 Å². The zero-order valence-electron chi connectivity index (χ0n) is 36.4. The van der Waals surface area contributed by atoms with E-state index in [1.54, 1.807) is 6.20 Å². The number of hydrogen-bond donors (Lipinski definition) is 3. The fourth-order valence-corrected chi connectivity index (χ4v) is 11.2. The van der Waals surface area contributed by atoms with E-state index in [2.05, 4.69) is 48.4 Å². The Hall–Kier alpha value is -5.95. The smallest absolute Gasteiger partial charge is 0.329 e. The number of urea groups is 1. The van der Waals surface area contributed by atoms with Gasteiger partial charge in [0.05, 0.1) is 17.6 Å². The molecule has 2 aromatic heterocycles. The van der Waals surface area contributed by atoms with Crippen molar-refractivity contribution in [2.45, 2.75) is 69.4 Å². The molecule has 3 aromatic carbocycles. The van der Waals surface area contributed by atoms with Crippen molar-refractivity contribution in [3.63, 3.8) is 0 Å². The maximum Gasteiger partial charge on any atom is 0.329 e. The van der Waals surface area contributed by atoms with Gasteiger partial charge in [0.25, 0.3) is 0 Å². The van der Waals surface area contributed by atoms with Crippen LogP contribution in [0.15, 0.2) is 54.7 Å². The number of piperidine rings is 2. The average Bonchev–Trinajstić information content (AvgIpc) is 3.88. The molecule has 3 N–H and O–H groups in total. The lowest BCUT2D eigenvalue weighted by Crippen LogP contribution is -2.51. The second-order valence-electron chi connectivity index (χ2n) is 19.3. The molecule has 0 spiro atoms. The van der Waals surface area contributed by atoms with Crippen molar-refractivity contribution < 1.29 is 28.2 Å². The first kappa shape index (κ1) is 41.7. The Morgan fingerprint density at radius 3 is 2.34 bits per heavy atom. The van der Waals surface area contributed by atoms with Crippen molar-refractivity contribution in [3.8, 4) is 35.4 Å². The molecule has 5 aromatic rings. The molecule has 65 heavy (non-hydrogen) atoms. The number of pyridine rings is 1. The summed E-state index contributed by atoms with van der Waals surface area (Å²) in [7, 11) is 0. The highest BCUT2D eigenvalue weighted by molar-refractivity contribution is 6.12. The number of benzene rings is 3. The van der Waals surface area contributed by atoms with Gasteiger partial charge in [-0.25, -0.2) is 13.6 Å². The average molecular weight is 882 g/mol. The van der Waals surface area contributed by atoms with Crippen LogP contribution in [0.5, 0.6) is 11.8 Å². The van der Waals surface area contributed by atoms with Crippen LogP contribution in [-0.2, 0) is 4.79 Å². The number of hydrogen-bond acceptors (Lipinski definition) is 11. The molecule has 336 valence electrons. The number of phenolic OH excluding ortho intramolecular Hbond substituents is 1. The highest BCUT2D eigenvalue weighted by Crippen LogP contribution is 2.47. The van der Waals surface area contributed by atoms with Crippen molar-refractivity contribution in [3.05, 3.63) is 77.5 Å². The lowest BCUT2D eigenvalue weighted by Gasteiger charge is -2.38. The molecule has 11 rings (SSSR count). The molecule has 15 heteroatoms. The first-order valence-corrected chi connectivity index (χ1v) is 23.2. The van der Waals surface area contributed by atoms with Crippen molar-refractivity contribution >= 4 is 45.1 Å². The van der Waals surface area contributed by atoms with Gasteiger partial charge in [0.1, 0.15) is 35.1 Å². The van der Waals surface area contributed by atoms with Crippen LogP contribution in [0.25, 0.3) is 32.9 Å². The number of ether oxygens (including phenoxy) is 1. The summed E-state index contributed by atoms with van der Waals surface area (Å²) in [5.41, 5.74) is 2.12. The Morgan fingerprint density at radius 1 is 0.908 bits per heavy atom. The molecule has 5 aliphatic heterocycles. The van der Waals surface area contributed by atoms with Crippen molar-refractivity contribution in [1.29, 1.82) is 0 Å². The zero-order chi connectivity index (χ0) is 44.4. The van der Waals surface area contributed by atoms with Gasteiger partial charge in [-0.1, -0.05) is 24.1 Å². The molecular weight excluding hydrogens is 829 g/mol. The minimum absolute atomic E-state index is 0.0179. The summed E-state index contributed by atoms with van der Waals surface area (Å²) in [6.45, 7) is 8.24. The second kappa shape index (κ2) is 16.8. The van der Waals surface area contributed by atoms with Crippen molar-refractivity contribution in [2.75, 3.05) is 75.3 Å². The quantitative estimate of drug-likeness (QED) is 0.0983. The molecule has 2 atom stereocenters. The number of terminal acetylenes is 1. The molecule has 1 saturated carbocycles. The number of likely N-dealkylation sites (tertiary alicyclic amines) is 2. The van der Waals surface area contributed by atoms with E-state index in [1.165, 1.54) is 34.7 Å². The molecule has 1 aliphatic carbocycles. The number of anilines is 2. The third kappa shape index (κ3) is 8.21. The van der Waals surface area contributed by atoms with Crippen molar-refractivity contribution in [1.82, 2.24) is 35.4 Å². The SMILES string of the molecule is C#Cc1c(F)ccc2cc(O)cc(-c3ncc4c(N5CC6CCC(C5)N6)nc(OCC5(CN6CCC(CN7CCC(c8ccc(N9CC(=O)NC9=O)cc8)CC7)CC6)CC5)nc4c3F)c12. The summed E-state index contributed by atoms with van der Waals surface area (Å²) in [6, 6.07) is 14.1. The topological polar surface area (TPSA) is 139 Å². The van der Waals surface area contributed by atoms with E-state index in [-0.39, 0.29) is 63.4 Å². The molecule has 2 unspecified atom stereocenters. The number of carbonyl (C=O) groups excluding carboxylic acids is 2. The number of aromatic nitrogens is 3. The highest BCUT2D eigenvalue weighted by Gasteiger charge is 2.46. The third-order valence-corrected chi connectivity index (χ3v) is 14.9. The van der Waals surface area contributed by atoms with E-state index < -0.39 is 11.6 Å².